The number of hydrogen-bond donors (Lipinski definition) is 2. The number of nitrogens with zero attached hydrogens (tertiary/aromatic N) is 2. The van der Waals surface area contributed by atoms with E-state index in [0.717, 1.165) is 4.57 Å². The summed E-state index contributed by atoms with van der Waals surface area (Å²) < 4.78 is 20.1. The maximum atomic E-state index is 13.9. The van der Waals surface area contributed by atoms with Crippen molar-refractivity contribution < 1.29 is 14.2 Å². The molecule has 1 aliphatic rings. The van der Waals surface area contributed by atoms with Gasteiger partial charge in [0.05, 0.1) is 6.61 Å². The van der Waals surface area contributed by atoms with Gasteiger partial charge in [-0.05, 0) is 6.07 Å². The predicted molar refractivity (Wildman–Crippen MR) is 61.2 cm³/mol. The number of rotatable bonds is 2. The number of aliphatic hydroxyl groups is 1. The van der Waals surface area contributed by atoms with Gasteiger partial charge >= 0.3 is 5.69 Å². The SMILES string of the molecule is C#C[C@@]1(CO)C[C@H](F)[C@H](n2ccc(N)nc2=O)O1. The second kappa shape index (κ2) is 4.40. The van der Waals surface area contributed by atoms with Crippen molar-refractivity contribution in [3.8, 4) is 12.3 Å². The Kier molecular flexibility index (Phi) is 3.07. The van der Waals surface area contributed by atoms with Crippen molar-refractivity contribution in [2.45, 2.75) is 24.4 Å². The van der Waals surface area contributed by atoms with Crippen LogP contribution in [-0.2, 0) is 4.74 Å². The Labute approximate surface area is 102 Å². The summed E-state index contributed by atoms with van der Waals surface area (Å²) in [5.41, 5.74) is 3.21. The number of nitrogens with two attached hydrogens (primary N) is 1. The third kappa shape index (κ3) is 1.96. The molecule has 96 valence electrons. The molecule has 7 heteroatoms. The molecular weight excluding hydrogens is 241 g/mol. The normalized spacial score (nSPS) is 31.2. The Hall–Kier alpha value is -1.91. The molecule has 3 N–H and O–H groups in total. The lowest BCUT2D eigenvalue weighted by Crippen LogP contribution is -2.33. The van der Waals surface area contributed by atoms with Crippen LogP contribution in [0, 0.1) is 12.3 Å². The van der Waals surface area contributed by atoms with E-state index >= 15 is 0 Å². The number of halogens is 1. The van der Waals surface area contributed by atoms with Crippen LogP contribution in [0.25, 0.3) is 0 Å². The lowest BCUT2D eigenvalue weighted by Gasteiger charge is -2.21. The summed E-state index contributed by atoms with van der Waals surface area (Å²) in [7, 11) is 0. The third-order valence-corrected chi connectivity index (χ3v) is 2.82. The fourth-order valence-electron chi connectivity index (χ4n) is 1.86. The second-order valence-corrected chi connectivity index (χ2v) is 4.07. The van der Waals surface area contributed by atoms with Crippen LogP contribution in [0.5, 0.6) is 0 Å². The van der Waals surface area contributed by atoms with Crippen LogP contribution in [0.3, 0.4) is 0 Å². The molecule has 6 nitrogen and oxygen atoms in total. The van der Waals surface area contributed by atoms with E-state index in [1.165, 1.54) is 12.3 Å². The molecule has 0 aliphatic carbocycles. The van der Waals surface area contributed by atoms with Crippen molar-refractivity contribution in [3.63, 3.8) is 0 Å². The monoisotopic (exact) mass is 253 g/mol. The topological polar surface area (TPSA) is 90.4 Å². The van der Waals surface area contributed by atoms with E-state index in [1.807, 2.05) is 0 Å². The maximum absolute atomic E-state index is 13.9. The molecule has 0 bridgehead atoms. The van der Waals surface area contributed by atoms with Gasteiger partial charge in [-0.1, -0.05) is 5.92 Å². The van der Waals surface area contributed by atoms with E-state index in [4.69, 9.17) is 22.0 Å². The molecule has 1 saturated heterocycles. The molecule has 0 aromatic carbocycles. The van der Waals surface area contributed by atoms with Crippen molar-refractivity contribution in [1.82, 2.24) is 9.55 Å². The van der Waals surface area contributed by atoms with E-state index in [1.54, 1.807) is 0 Å². The minimum absolute atomic E-state index is 0.0371. The van der Waals surface area contributed by atoms with E-state index in [2.05, 4.69) is 10.9 Å². The van der Waals surface area contributed by atoms with Gasteiger partial charge in [0.15, 0.2) is 11.8 Å². The molecule has 2 rings (SSSR count). The summed E-state index contributed by atoms with van der Waals surface area (Å²) in [4.78, 5) is 15.0. The van der Waals surface area contributed by atoms with Gasteiger partial charge in [0.1, 0.15) is 12.0 Å². The third-order valence-electron chi connectivity index (χ3n) is 2.82. The van der Waals surface area contributed by atoms with Gasteiger partial charge in [0.25, 0.3) is 0 Å². The highest BCUT2D eigenvalue weighted by Crippen LogP contribution is 2.37. The van der Waals surface area contributed by atoms with E-state index in [9.17, 15) is 9.18 Å². The molecule has 0 saturated carbocycles. The van der Waals surface area contributed by atoms with Gasteiger partial charge in [-0.15, -0.1) is 6.42 Å². The number of ether oxygens (including phenoxy) is 1. The number of hydrogen-bond acceptors (Lipinski definition) is 5. The number of nitrogen functional groups attached to an aromatic ring is 1. The summed E-state index contributed by atoms with van der Waals surface area (Å²) in [6.45, 7) is -0.516. The zero-order valence-corrected chi connectivity index (χ0v) is 9.41. The number of alkyl halides is 1. The minimum Gasteiger partial charge on any atom is -0.392 e. The van der Waals surface area contributed by atoms with Crippen molar-refractivity contribution in [2.24, 2.45) is 0 Å². The molecule has 0 unspecified atom stereocenters. The Balaban J connectivity index is 2.36. The smallest absolute Gasteiger partial charge is 0.351 e. The first-order chi connectivity index (χ1) is 8.51. The molecule has 3 atom stereocenters. The zero-order valence-electron chi connectivity index (χ0n) is 9.41. The highest BCUT2D eigenvalue weighted by Gasteiger charge is 2.47. The zero-order chi connectivity index (χ0) is 13.3. The van der Waals surface area contributed by atoms with Crippen molar-refractivity contribution in [3.05, 3.63) is 22.7 Å². The van der Waals surface area contributed by atoms with E-state index in [0.29, 0.717) is 0 Å². The summed E-state index contributed by atoms with van der Waals surface area (Å²) in [6, 6.07) is 1.35. The van der Waals surface area contributed by atoms with Crippen LogP contribution in [0.4, 0.5) is 10.2 Å². The fraction of sp³-hybridized carbons (Fsp3) is 0.455. The first kappa shape index (κ1) is 12.5. The lowest BCUT2D eigenvalue weighted by atomic mass is 10.0. The summed E-state index contributed by atoms with van der Waals surface area (Å²) in [5, 5.41) is 9.16. The van der Waals surface area contributed by atoms with Gasteiger partial charge in [0.2, 0.25) is 0 Å². The highest BCUT2D eigenvalue weighted by atomic mass is 19.1. The second-order valence-electron chi connectivity index (χ2n) is 4.07. The van der Waals surface area contributed by atoms with Gasteiger partial charge in [-0.2, -0.15) is 4.98 Å². The van der Waals surface area contributed by atoms with Gasteiger partial charge in [0, 0.05) is 12.6 Å². The molecule has 1 aliphatic heterocycles. The van der Waals surface area contributed by atoms with Crippen LogP contribution in [0.15, 0.2) is 17.1 Å². The average Bonchev–Trinajstić information content (AvgIpc) is 2.67. The summed E-state index contributed by atoms with van der Waals surface area (Å²) in [5.74, 6) is 2.25. The Morgan fingerprint density at radius 2 is 2.56 bits per heavy atom. The molecular formula is C11H12FN3O3. The molecule has 2 heterocycles. The van der Waals surface area contributed by atoms with Crippen LogP contribution in [-0.4, -0.2) is 33.0 Å². The van der Waals surface area contributed by atoms with Crippen molar-refractivity contribution in [2.75, 3.05) is 12.3 Å². The first-order valence-electron chi connectivity index (χ1n) is 5.26. The Bertz CT molecular complexity index is 553. The largest absolute Gasteiger partial charge is 0.392 e. The van der Waals surface area contributed by atoms with E-state index < -0.39 is 30.3 Å². The fourth-order valence-corrected chi connectivity index (χ4v) is 1.86. The number of aliphatic hydroxyl groups excluding tert-OH is 1. The number of terminal acetylenes is 1. The van der Waals surface area contributed by atoms with Crippen LogP contribution >= 0.6 is 0 Å². The van der Waals surface area contributed by atoms with Crippen LogP contribution in [0.2, 0.25) is 0 Å². The quantitative estimate of drug-likeness (QED) is 0.690. The summed E-state index contributed by atoms with van der Waals surface area (Å²) >= 11 is 0. The minimum atomic E-state index is -1.50. The van der Waals surface area contributed by atoms with Gasteiger partial charge in [-0.25, -0.2) is 9.18 Å². The molecule has 1 aromatic rings. The first-order valence-corrected chi connectivity index (χ1v) is 5.26. The average molecular weight is 253 g/mol. The standard InChI is InChI=1S/C11H12FN3O3/c1-2-11(6-16)5-7(12)9(18-11)15-4-3-8(13)14-10(15)17/h1,3-4,7,9,16H,5-6H2,(H2,13,14,17)/t7-,9+,11-/m0/s1. The lowest BCUT2D eigenvalue weighted by molar-refractivity contribution is -0.0742. The van der Waals surface area contributed by atoms with Crippen LogP contribution < -0.4 is 11.4 Å². The van der Waals surface area contributed by atoms with Crippen molar-refractivity contribution >= 4 is 5.82 Å². The van der Waals surface area contributed by atoms with Crippen molar-refractivity contribution in [1.29, 1.82) is 0 Å². The van der Waals surface area contributed by atoms with E-state index in [-0.39, 0.29) is 12.2 Å². The van der Waals surface area contributed by atoms with Gasteiger partial charge < -0.3 is 15.6 Å². The summed E-state index contributed by atoms with van der Waals surface area (Å²) in [6.07, 6.45) is 3.62. The molecule has 0 amide bonds. The molecule has 1 aromatic heterocycles. The van der Waals surface area contributed by atoms with Crippen LogP contribution in [0.1, 0.15) is 12.6 Å². The number of anilines is 1. The highest BCUT2D eigenvalue weighted by molar-refractivity contribution is 5.24. The van der Waals surface area contributed by atoms with Gasteiger partial charge in [-0.3, -0.25) is 4.57 Å². The molecule has 0 radical (unpaired) electrons. The molecule has 0 spiro atoms. The predicted octanol–water partition coefficient (Wildman–Crippen LogP) is -0.553. The molecule has 18 heavy (non-hydrogen) atoms. The maximum Gasteiger partial charge on any atom is 0.351 e. The molecule has 1 fully saturated rings. The Morgan fingerprint density at radius 3 is 3.06 bits per heavy atom. The number of aromatic nitrogens is 2. The Morgan fingerprint density at radius 1 is 1.83 bits per heavy atom.